The maximum absolute atomic E-state index is 12.1. The van der Waals surface area contributed by atoms with E-state index in [0.29, 0.717) is 6.61 Å². The number of rotatable bonds is 3. The summed E-state index contributed by atoms with van der Waals surface area (Å²) in [4.78, 5) is 11.7. The maximum Gasteiger partial charge on any atom is 0.471 e. The minimum absolute atomic E-state index is 0.0366. The molecule has 15 heavy (non-hydrogen) atoms. The summed E-state index contributed by atoms with van der Waals surface area (Å²) in [6, 6.07) is 0. The van der Waals surface area contributed by atoms with E-state index < -0.39 is 12.1 Å². The summed E-state index contributed by atoms with van der Waals surface area (Å²) in [6.45, 7) is 2.19. The van der Waals surface area contributed by atoms with Gasteiger partial charge in [-0.3, -0.25) is 4.79 Å². The number of alkyl halides is 3. The molecule has 1 atom stereocenters. The van der Waals surface area contributed by atoms with Gasteiger partial charge in [-0.15, -0.1) is 0 Å². The van der Waals surface area contributed by atoms with Gasteiger partial charge in [-0.2, -0.15) is 13.2 Å². The van der Waals surface area contributed by atoms with Crippen molar-refractivity contribution in [2.45, 2.75) is 32.0 Å². The van der Waals surface area contributed by atoms with Crippen LogP contribution in [0.25, 0.3) is 0 Å². The van der Waals surface area contributed by atoms with Gasteiger partial charge in [-0.05, 0) is 19.8 Å². The van der Waals surface area contributed by atoms with Crippen LogP contribution < -0.4 is 0 Å². The molecule has 0 radical (unpaired) electrons. The Hall–Kier alpha value is -0.780. The van der Waals surface area contributed by atoms with Crippen molar-refractivity contribution in [2.24, 2.45) is 0 Å². The molecule has 1 rings (SSSR count). The molecule has 1 saturated heterocycles. The molecule has 1 heterocycles. The molecule has 3 nitrogen and oxygen atoms in total. The predicted octanol–water partition coefficient (Wildman–Crippen LogP) is 1.58. The zero-order valence-corrected chi connectivity index (χ0v) is 8.51. The van der Waals surface area contributed by atoms with Gasteiger partial charge in [-0.1, -0.05) is 0 Å². The van der Waals surface area contributed by atoms with E-state index in [9.17, 15) is 18.0 Å². The van der Waals surface area contributed by atoms with Crippen molar-refractivity contribution < 1.29 is 22.7 Å². The highest BCUT2D eigenvalue weighted by atomic mass is 19.4. The van der Waals surface area contributed by atoms with Crippen LogP contribution in [0.3, 0.4) is 0 Å². The second kappa shape index (κ2) is 4.83. The fraction of sp³-hybridized carbons (Fsp3) is 0.889. The Bertz CT molecular complexity index is 224. The number of likely N-dealkylation sites (N-methyl/N-ethyl adjacent to an activating group) is 1. The van der Waals surface area contributed by atoms with Crippen molar-refractivity contribution >= 4 is 5.91 Å². The van der Waals surface area contributed by atoms with E-state index in [4.69, 9.17) is 4.74 Å². The van der Waals surface area contributed by atoms with Crippen molar-refractivity contribution in [3.8, 4) is 0 Å². The molecule has 1 fully saturated rings. The van der Waals surface area contributed by atoms with E-state index in [1.54, 1.807) is 0 Å². The molecular weight excluding hydrogens is 211 g/mol. The number of ether oxygens (including phenoxy) is 1. The smallest absolute Gasteiger partial charge is 0.376 e. The second-order valence-corrected chi connectivity index (χ2v) is 3.48. The molecule has 0 aliphatic carbocycles. The highest BCUT2D eigenvalue weighted by Gasteiger charge is 2.42. The summed E-state index contributed by atoms with van der Waals surface area (Å²) in [7, 11) is 0. The Morgan fingerprint density at radius 3 is 2.60 bits per heavy atom. The standard InChI is InChI=1S/C9H14F3NO2/c1-2-13(8(14)9(10,11)12)6-7-4-3-5-15-7/h7H,2-6H2,1H3. The number of hydrogen-bond acceptors (Lipinski definition) is 2. The summed E-state index contributed by atoms with van der Waals surface area (Å²) >= 11 is 0. The minimum Gasteiger partial charge on any atom is -0.376 e. The molecule has 6 heteroatoms. The predicted molar refractivity (Wildman–Crippen MR) is 47.3 cm³/mol. The molecule has 0 N–H and O–H groups in total. The molecule has 1 amide bonds. The van der Waals surface area contributed by atoms with Gasteiger partial charge in [0.15, 0.2) is 0 Å². The summed E-state index contributed by atoms with van der Waals surface area (Å²) in [5, 5.41) is 0. The molecule has 0 aromatic rings. The lowest BCUT2D eigenvalue weighted by atomic mass is 10.2. The van der Waals surface area contributed by atoms with E-state index in [1.807, 2.05) is 0 Å². The number of hydrogen-bond donors (Lipinski definition) is 0. The Kier molecular flexibility index (Phi) is 3.96. The van der Waals surface area contributed by atoms with Crippen LogP contribution in [0, 0.1) is 0 Å². The molecule has 1 aliphatic heterocycles. The molecular formula is C9H14F3NO2. The van der Waals surface area contributed by atoms with Crippen molar-refractivity contribution in [1.82, 2.24) is 4.90 Å². The molecule has 1 aliphatic rings. The Morgan fingerprint density at radius 1 is 1.53 bits per heavy atom. The molecule has 0 saturated carbocycles. The highest BCUT2D eigenvalue weighted by Crippen LogP contribution is 2.20. The number of nitrogens with zero attached hydrogens (tertiary/aromatic N) is 1. The highest BCUT2D eigenvalue weighted by molar-refractivity contribution is 5.81. The fourth-order valence-electron chi connectivity index (χ4n) is 1.57. The van der Waals surface area contributed by atoms with Crippen molar-refractivity contribution in [3.05, 3.63) is 0 Å². The van der Waals surface area contributed by atoms with E-state index in [2.05, 4.69) is 0 Å². The van der Waals surface area contributed by atoms with Crippen LogP contribution in [0.4, 0.5) is 13.2 Å². The summed E-state index contributed by atoms with van der Waals surface area (Å²) in [5.74, 6) is -1.78. The minimum atomic E-state index is -4.78. The van der Waals surface area contributed by atoms with Crippen LogP contribution in [0.2, 0.25) is 0 Å². The van der Waals surface area contributed by atoms with Gasteiger partial charge in [0.2, 0.25) is 0 Å². The normalized spacial score (nSPS) is 21.7. The van der Waals surface area contributed by atoms with E-state index >= 15 is 0 Å². The van der Waals surface area contributed by atoms with Crippen molar-refractivity contribution in [2.75, 3.05) is 19.7 Å². The van der Waals surface area contributed by atoms with Crippen LogP contribution in [-0.4, -0.2) is 42.8 Å². The average molecular weight is 225 g/mol. The van der Waals surface area contributed by atoms with Crippen LogP contribution in [0.15, 0.2) is 0 Å². The molecule has 0 spiro atoms. The number of amides is 1. The third-order valence-electron chi connectivity index (χ3n) is 2.36. The zero-order valence-electron chi connectivity index (χ0n) is 8.51. The van der Waals surface area contributed by atoms with Gasteiger partial charge in [-0.25, -0.2) is 0 Å². The molecule has 1 unspecified atom stereocenters. The zero-order chi connectivity index (χ0) is 11.5. The van der Waals surface area contributed by atoms with Gasteiger partial charge in [0.05, 0.1) is 6.10 Å². The molecule has 0 aromatic heterocycles. The first-order valence-corrected chi connectivity index (χ1v) is 4.93. The first-order chi connectivity index (χ1) is 6.95. The summed E-state index contributed by atoms with van der Waals surface area (Å²) in [5.41, 5.74) is 0. The number of halogens is 3. The van der Waals surface area contributed by atoms with E-state index in [-0.39, 0.29) is 19.2 Å². The topological polar surface area (TPSA) is 29.5 Å². The van der Waals surface area contributed by atoms with Gasteiger partial charge < -0.3 is 9.64 Å². The number of carbonyl (C=O) groups is 1. The monoisotopic (exact) mass is 225 g/mol. The first kappa shape index (κ1) is 12.3. The molecule has 0 bridgehead atoms. The van der Waals surface area contributed by atoms with E-state index in [0.717, 1.165) is 17.7 Å². The summed E-state index contributed by atoms with van der Waals surface area (Å²) in [6.07, 6.45) is -3.45. The fourth-order valence-corrected chi connectivity index (χ4v) is 1.57. The maximum atomic E-state index is 12.1. The third-order valence-corrected chi connectivity index (χ3v) is 2.36. The van der Waals surface area contributed by atoms with Gasteiger partial charge in [0.1, 0.15) is 0 Å². The lowest BCUT2D eigenvalue weighted by Crippen LogP contribution is -2.44. The third kappa shape index (κ3) is 3.37. The lowest BCUT2D eigenvalue weighted by molar-refractivity contribution is -0.186. The van der Waals surface area contributed by atoms with Crippen LogP contribution in [0.1, 0.15) is 19.8 Å². The molecule has 88 valence electrons. The summed E-state index contributed by atoms with van der Waals surface area (Å²) < 4.78 is 41.6. The van der Waals surface area contributed by atoms with Gasteiger partial charge in [0, 0.05) is 19.7 Å². The van der Waals surface area contributed by atoms with Crippen molar-refractivity contribution in [1.29, 1.82) is 0 Å². The quantitative estimate of drug-likeness (QED) is 0.729. The Labute approximate surface area is 86.2 Å². The van der Waals surface area contributed by atoms with Crippen LogP contribution >= 0.6 is 0 Å². The average Bonchev–Trinajstić information content (AvgIpc) is 2.64. The van der Waals surface area contributed by atoms with E-state index in [1.165, 1.54) is 6.92 Å². The van der Waals surface area contributed by atoms with Crippen LogP contribution in [-0.2, 0) is 9.53 Å². The SMILES string of the molecule is CCN(CC1CCCO1)C(=O)C(F)(F)F. The van der Waals surface area contributed by atoms with Gasteiger partial charge >= 0.3 is 12.1 Å². The first-order valence-electron chi connectivity index (χ1n) is 4.93. The Balaban J connectivity index is 2.51. The second-order valence-electron chi connectivity index (χ2n) is 3.48. The molecule has 0 aromatic carbocycles. The van der Waals surface area contributed by atoms with Gasteiger partial charge in [0.25, 0.3) is 0 Å². The lowest BCUT2D eigenvalue weighted by Gasteiger charge is -2.24. The Morgan fingerprint density at radius 2 is 2.20 bits per heavy atom. The largest absolute Gasteiger partial charge is 0.471 e. The van der Waals surface area contributed by atoms with Crippen LogP contribution in [0.5, 0.6) is 0 Å². The van der Waals surface area contributed by atoms with Crippen molar-refractivity contribution in [3.63, 3.8) is 0 Å². The number of carbonyl (C=O) groups excluding carboxylic acids is 1.